The molecule has 2 aliphatic rings. The second kappa shape index (κ2) is 7.21. The smallest absolute Gasteiger partial charge is 0.323 e. The Balaban J connectivity index is 1.76. The average molecular weight is 388 g/mol. The monoisotopic (exact) mass is 388 g/mol. The van der Waals surface area contributed by atoms with Crippen molar-refractivity contribution in [3.05, 3.63) is 33.4 Å². The Bertz CT molecular complexity index is 858. The maximum Gasteiger partial charge on any atom is 0.325 e. The van der Waals surface area contributed by atoms with Crippen molar-refractivity contribution in [2.24, 2.45) is 5.92 Å². The van der Waals surface area contributed by atoms with Crippen LogP contribution in [0.2, 0.25) is 0 Å². The Hall–Kier alpha value is -2.97. The van der Waals surface area contributed by atoms with Gasteiger partial charge in [0.05, 0.1) is 4.92 Å². The van der Waals surface area contributed by atoms with Gasteiger partial charge in [-0.3, -0.25) is 24.6 Å². The van der Waals surface area contributed by atoms with E-state index in [1.54, 1.807) is 19.9 Å². The molecule has 3 rings (SSSR count). The number of nitrogens with one attached hydrogen (secondary N) is 2. The number of hydrogen-bond donors (Lipinski definition) is 2. The summed E-state index contributed by atoms with van der Waals surface area (Å²) in [6.07, 6.45) is 2.78. The van der Waals surface area contributed by atoms with Crippen LogP contribution in [0.15, 0.2) is 12.1 Å². The van der Waals surface area contributed by atoms with Crippen LogP contribution in [0.5, 0.6) is 0 Å². The van der Waals surface area contributed by atoms with Crippen molar-refractivity contribution in [2.45, 2.75) is 52.0 Å². The third-order valence-electron chi connectivity index (χ3n) is 5.85. The Morgan fingerprint density at radius 1 is 1.32 bits per heavy atom. The number of rotatable bonds is 4. The maximum absolute atomic E-state index is 12.8. The number of hydrogen-bond acceptors (Lipinski definition) is 5. The largest absolute Gasteiger partial charge is 0.325 e. The van der Waals surface area contributed by atoms with Crippen molar-refractivity contribution in [2.75, 3.05) is 11.9 Å². The number of nitro benzene ring substituents is 1. The van der Waals surface area contributed by atoms with E-state index in [1.165, 1.54) is 6.07 Å². The molecule has 2 fully saturated rings. The summed E-state index contributed by atoms with van der Waals surface area (Å²) in [5.74, 6) is -0.547. The van der Waals surface area contributed by atoms with E-state index < -0.39 is 34.9 Å². The van der Waals surface area contributed by atoms with Crippen LogP contribution in [-0.4, -0.2) is 39.8 Å². The van der Waals surface area contributed by atoms with Gasteiger partial charge in [-0.2, -0.15) is 0 Å². The highest BCUT2D eigenvalue weighted by Gasteiger charge is 2.52. The zero-order valence-corrected chi connectivity index (χ0v) is 16.2. The fraction of sp³-hybridized carbons (Fsp3) is 0.526. The minimum atomic E-state index is -0.922. The molecule has 4 amide bonds. The minimum Gasteiger partial charge on any atom is -0.323 e. The standard InChI is InChI=1S/C19H24N4O5/c1-11-6-8-19(9-7-11)17(25)22(18(26)21-19)10-15(24)20-16-13(3)12(2)4-5-14(16)23(27)28/h4-5,11H,6-10H2,1-3H3,(H,20,24)(H,21,26). The highest BCUT2D eigenvalue weighted by molar-refractivity contribution is 6.10. The van der Waals surface area contributed by atoms with Gasteiger partial charge >= 0.3 is 6.03 Å². The van der Waals surface area contributed by atoms with Gasteiger partial charge in [0.1, 0.15) is 17.8 Å². The number of anilines is 1. The first kappa shape index (κ1) is 19.8. The minimum absolute atomic E-state index is 0.0864. The molecule has 9 nitrogen and oxygen atoms in total. The lowest BCUT2D eigenvalue weighted by atomic mass is 9.77. The van der Waals surface area contributed by atoms with Crippen molar-refractivity contribution in [1.29, 1.82) is 0 Å². The van der Waals surface area contributed by atoms with Crippen LogP contribution in [0.4, 0.5) is 16.2 Å². The number of benzene rings is 1. The Morgan fingerprint density at radius 2 is 1.96 bits per heavy atom. The molecule has 1 aromatic carbocycles. The van der Waals surface area contributed by atoms with Gasteiger partial charge in [-0.25, -0.2) is 4.79 Å². The molecule has 0 unspecified atom stereocenters. The lowest BCUT2D eigenvalue weighted by molar-refractivity contribution is -0.384. The molecule has 2 N–H and O–H groups in total. The normalized spacial score (nSPS) is 24.4. The number of amides is 4. The fourth-order valence-corrected chi connectivity index (χ4v) is 3.85. The predicted molar refractivity (Wildman–Crippen MR) is 102 cm³/mol. The van der Waals surface area contributed by atoms with E-state index in [9.17, 15) is 24.5 Å². The lowest BCUT2D eigenvalue weighted by Gasteiger charge is -2.33. The van der Waals surface area contributed by atoms with Gasteiger partial charge in [0.2, 0.25) is 5.91 Å². The number of urea groups is 1. The molecule has 0 atom stereocenters. The van der Waals surface area contributed by atoms with Crippen molar-refractivity contribution < 1.29 is 19.3 Å². The van der Waals surface area contributed by atoms with Crippen LogP contribution in [0, 0.1) is 29.9 Å². The molecule has 28 heavy (non-hydrogen) atoms. The molecular formula is C19H24N4O5. The number of imide groups is 1. The van der Waals surface area contributed by atoms with Gasteiger partial charge in [0.15, 0.2) is 0 Å². The second-order valence-corrected chi connectivity index (χ2v) is 7.79. The topological polar surface area (TPSA) is 122 Å². The number of nitrogens with zero attached hydrogens (tertiary/aromatic N) is 2. The third-order valence-corrected chi connectivity index (χ3v) is 5.85. The first-order chi connectivity index (χ1) is 13.1. The summed E-state index contributed by atoms with van der Waals surface area (Å²) in [7, 11) is 0. The van der Waals surface area contributed by atoms with Crippen molar-refractivity contribution in [3.63, 3.8) is 0 Å². The molecule has 1 aromatic rings. The molecule has 1 saturated heterocycles. The van der Waals surface area contributed by atoms with Crippen LogP contribution in [0.1, 0.15) is 43.7 Å². The summed E-state index contributed by atoms with van der Waals surface area (Å²) >= 11 is 0. The Kier molecular flexibility index (Phi) is 5.10. The van der Waals surface area contributed by atoms with E-state index in [-0.39, 0.29) is 11.4 Å². The van der Waals surface area contributed by atoms with Crippen molar-refractivity contribution >= 4 is 29.2 Å². The van der Waals surface area contributed by atoms with Gasteiger partial charge in [-0.1, -0.05) is 13.0 Å². The fourth-order valence-electron chi connectivity index (χ4n) is 3.85. The van der Waals surface area contributed by atoms with Crippen molar-refractivity contribution in [3.8, 4) is 0 Å². The van der Waals surface area contributed by atoms with E-state index in [4.69, 9.17) is 0 Å². The number of nitro groups is 1. The average Bonchev–Trinajstić information content (AvgIpc) is 2.86. The lowest BCUT2D eigenvalue weighted by Crippen LogP contribution is -2.49. The third kappa shape index (κ3) is 3.44. The van der Waals surface area contributed by atoms with Gasteiger partial charge < -0.3 is 10.6 Å². The molecule has 1 saturated carbocycles. The number of aryl methyl sites for hydroxylation is 1. The Labute approximate surface area is 162 Å². The summed E-state index contributed by atoms with van der Waals surface area (Å²) in [5.41, 5.74) is 0.285. The van der Waals surface area contributed by atoms with E-state index in [1.807, 2.05) is 0 Å². The molecule has 0 radical (unpaired) electrons. The first-order valence-corrected chi connectivity index (χ1v) is 9.33. The van der Waals surface area contributed by atoms with E-state index in [0.29, 0.717) is 24.3 Å². The van der Waals surface area contributed by atoms with Crippen LogP contribution in [0.25, 0.3) is 0 Å². The van der Waals surface area contributed by atoms with E-state index in [0.717, 1.165) is 23.3 Å². The molecule has 0 bridgehead atoms. The zero-order chi connectivity index (χ0) is 20.6. The zero-order valence-electron chi connectivity index (χ0n) is 16.2. The number of carbonyl (C=O) groups excluding carboxylic acids is 3. The summed E-state index contributed by atoms with van der Waals surface area (Å²) in [6, 6.07) is 2.34. The summed E-state index contributed by atoms with van der Waals surface area (Å²) < 4.78 is 0. The van der Waals surface area contributed by atoms with Crippen molar-refractivity contribution in [1.82, 2.24) is 10.2 Å². The Morgan fingerprint density at radius 3 is 2.57 bits per heavy atom. The summed E-state index contributed by atoms with van der Waals surface area (Å²) in [4.78, 5) is 49.3. The van der Waals surface area contributed by atoms with Crippen LogP contribution in [0.3, 0.4) is 0 Å². The highest BCUT2D eigenvalue weighted by atomic mass is 16.6. The van der Waals surface area contributed by atoms with E-state index >= 15 is 0 Å². The van der Waals surface area contributed by atoms with Crippen LogP contribution < -0.4 is 10.6 Å². The van der Waals surface area contributed by atoms with Gasteiger partial charge in [0.25, 0.3) is 11.6 Å². The van der Waals surface area contributed by atoms with E-state index in [2.05, 4.69) is 17.6 Å². The SMILES string of the molecule is Cc1ccc([N+](=O)[O-])c(NC(=O)CN2C(=O)NC3(CCC(C)CC3)C2=O)c1C. The first-order valence-electron chi connectivity index (χ1n) is 9.33. The van der Waals surface area contributed by atoms with Crippen LogP contribution >= 0.6 is 0 Å². The van der Waals surface area contributed by atoms with Gasteiger partial charge in [0, 0.05) is 6.07 Å². The highest BCUT2D eigenvalue weighted by Crippen LogP contribution is 2.36. The molecular weight excluding hydrogens is 364 g/mol. The van der Waals surface area contributed by atoms with Crippen LogP contribution in [-0.2, 0) is 9.59 Å². The summed E-state index contributed by atoms with van der Waals surface area (Å²) in [6.45, 7) is 5.08. The molecule has 0 aromatic heterocycles. The van der Waals surface area contributed by atoms with Gasteiger partial charge in [-0.05, 0) is 56.6 Å². The molecule has 150 valence electrons. The predicted octanol–water partition coefficient (Wildman–Crippen LogP) is 2.65. The molecule has 1 heterocycles. The molecule has 1 spiro atoms. The quantitative estimate of drug-likeness (QED) is 0.466. The number of carbonyl (C=O) groups is 3. The summed E-state index contributed by atoms with van der Waals surface area (Å²) in [5, 5.41) is 16.5. The molecule has 1 aliphatic heterocycles. The maximum atomic E-state index is 12.8. The molecule has 9 heteroatoms. The van der Waals surface area contributed by atoms with Gasteiger partial charge in [-0.15, -0.1) is 0 Å². The molecule has 1 aliphatic carbocycles. The second-order valence-electron chi connectivity index (χ2n) is 7.79.